The number of hydrogen-bond acceptors (Lipinski definition) is 3. The lowest BCUT2D eigenvalue weighted by Crippen LogP contribution is -2.41. The van der Waals surface area contributed by atoms with Crippen LogP contribution in [-0.4, -0.2) is 31.4 Å². The minimum Gasteiger partial charge on any atom is -0.399 e. The van der Waals surface area contributed by atoms with E-state index < -0.39 is 0 Å². The van der Waals surface area contributed by atoms with Crippen molar-refractivity contribution >= 4 is 7.12 Å². The fourth-order valence-electron chi connectivity index (χ4n) is 2.62. The normalized spacial score (nSPS) is 27.1. The predicted molar refractivity (Wildman–Crippen MR) is 80.0 cm³/mol. The minimum atomic E-state index is -0.271. The fourth-order valence-corrected chi connectivity index (χ4v) is 2.62. The maximum Gasteiger partial charge on any atom is 0.494 e. The van der Waals surface area contributed by atoms with Crippen molar-refractivity contribution in [2.75, 3.05) is 13.1 Å². The van der Waals surface area contributed by atoms with Crippen molar-refractivity contribution < 1.29 is 9.31 Å². The molecule has 2 rings (SSSR count). The van der Waals surface area contributed by atoms with E-state index in [0.29, 0.717) is 0 Å². The van der Waals surface area contributed by atoms with Gasteiger partial charge in [0.05, 0.1) is 11.2 Å². The molecule has 0 spiro atoms. The van der Waals surface area contributed by atoms with Gasteiger partial charge in [-0.05, 0) is 65.6 Å². The number of nitrogens with one attached hydrogen (secondary N) is 1. The lowest BCUT2D eigenvalue weighted by atomic mass is 9.71. The predicted octanol–water partition coefficient (Wildman–Crippen LogP) is 2.87. The van der Waals surface area contributed by atoms with Crippen LogP contribution >= 0.6 is 0 Å². The van der Waals surface area contributed by atoms with E-state index in [1.807, 2.05) is 0 Å². The van der Waals surface area contributed by atoms with Gasteiger partial charge in [-0.3, -0.25) is 0 Å². The molecule has 0 aliphatic carbocycles. The summed E-state index contributed by atoms with van der Waals surface area (Å²) >= 11 is 0. The zero-order chi connectivity index (χ0) is 14.3. The second-order valence-corrected chi connectivity index (χ2v) is 6.52. The summed E-state index contributed by atoms with van der Waals surface area (Å²) in [6.45, 7) is 14.7. The summed E-state index contributed by atoms with van der Waals surface area (Å²) in [6, 6.07) is 0. The molecule has 1 N–H and O–H groups in total. The highest BCUT2D eigenvalue weighted by Crippen LogP contribution is 2.40. The van der Waals surface area contributed by atoms with E-state index in [9.17, 15) is 0 Å². The van der Waals surface area contributed by atoms with E-state index in [2.05, 4.69) is 52.9 Å². The van der Waals surface area contributed by atoms with Gasteiger partial charge in [0.1, 0.15) is 0 Å². The fraction of sp³-hybridized carbons (Fsp3) is 0.733. The highest BCUT2D eigenvalue weighted by atomic mass is 16.7. The van der Waals surface area contributed by atoms with Crippen molar-refractivity contribution in [3.63, 3.8) is 0 Å². The van der Waals surface area contributed by atoms with E-state index in [0.717, 1.165) is 19.5 Å². The van der Waals surface area contributed by atoms with E-state index in [1.54, 1.807) is 0 Å². The zero-order valence-electron chi connectivity index (χ0n) is 13.1. The summed E-state index contributed by atoms with van der Waals surface area (Å²) in [5.74, 6) is 0. The summed E-state index contributed by atoms with van der Waals surface area (Å²) in [4.78, 5) is 0. The molecule has 19 heavy (non-hydrogen) atoms. The molecule has 0 aromatic heterocycles. The highest BCUT2D eigenvalue weighted by Gasteiger charge is 2.52. The van der Waals surface area contributed by atoms with Gasteiger partial charge in [-0.1, -0.05) is 11.6 Å². The van der Waals surface area contributed by atoms with Gasteiger partial charge in [0, 0.05) is 6.54 Å². The van der Waals surface area contributed by atoms with Crippen LogP contribution in [0.15, 0.2) is 22.7 Å². The molecule has 0 unspecified atom stereocenters. The molecule has 0 radical (unpaired) electrons. The summed E-state index contributed by atoms with van der Waals surface area (Å²) in [6.07, 6.45) is 3.20. The first kappa shape index (κ1) is 14.8. The van der Waals surface area contributed by atoms with Crippen molar-refractivity contribution in [1.29, 1.82) is 0 Å². The van der Waals surface area contributed by atoms with E-state index >= 15 is 0 Å². The maximum atomic E-state index is 6.17. The van der Waals surface area contributed by atoms with Crippen molar-refractivity contribution in [3.8, 4) is 0 Å². The molecule has 0 aromatic rings. The molecular weight excluding hydrogens is 237 g/mol. The largest absolute Gasteiger partial charge is 0.494 e. The second-order valence-electron chi connectivity index (χ2n) is 6.52. The van der Waals surface area contributed by atoms with E-state index in [-0.39, 0.29) is 18.3 Å². The zero-order valence-corrected chi connectivity index (χ0v) is 13.1. The first-order valence-electron chi connectivity index (χ1n) is 7.20. The SMILES string of the molecule is CC=C(B1OC(C)(C)C(C)(C)O1)C1=C(C)CNCC1. The molecular formula is C15H26BNO2. The molecule has 2 aliphatic heterocycles. The molecule has 2 heterocycles. The first-order valence-corrected chi connectivity index (χ1v) is 7.20. The van der Waals surface area contributed by atoms with Crippen LogP contribution in [0.2, 0.25) is 0 Å². The lowest BCUT2D eigenvalue weighted by Gasteiger charge is -2.32. The van der Waals surface area contributed by atoms with Gasteiger partial charge in [0.15, 0.2) is 0 Å². The molecule has 2 aliphatic rings. The Kier molecular flexibility index (Phi) is 3.96. The second kappa shape index (κ2) is 5.08. The third kappa shape index (κ3) is 2.67. The molecule has 1 saturated heterocycles. The van der Waals surface area contributed by atoms with Gasteiger partial charge in [0.25, 0.3) is 0 Å². The average molecular weight is 263 g/mol. The Labute approximate surface area is 117 Å². The van der Waals surface area contributed by atoms with Crippen LogP contribution in [0.5, 0.6) is 0 Å². The quantitative estimate of drug-likeness (QED) is 0.777. The van der Waals surface area contributed by atoms with Crippen LogP contribution in [-0.2, 0) is 9.31 Å². The molecule has 0 aromatic carbocycles. The van der Waals surface area contributed by atoms with E-state index in [1.165, 1.54) is 16.6 Å². The maximum absolute atomic E-state index is 6.17. The van der Waals surface area contributed by atoms with Crippen molar-refractivity contribution in [3.05, 3.63) is 22.7 Å². The van der Waals surface area contributed by atoms with Crippen LogP contribution < -0.4 is 5.32 Å². The molecule has 3 nitrogen and oxygen atoms in total. The van der Waals surface area contributed by atoms with E-state index in [4.69, 9.17) is 9.31 Å². The van der Waals surface area contributed by atoms with Gasteiger partial charge in [-0.15, -0.1) is 0 Å². The molecule has 0 amide bonds. The van der Waals surface area contributed by atoms with Crippen molar-refractivity contribution in [1.82, 2.24) is 5.32 Å². The number of rotatable bonds is 2. The van der Waals surface area contributed by atoms with Crippen LogP contribution in [0.1, 0.15) is 48.0 Å². The van der Waals surface area contributed by atoms with Gasteiger partial charge < -0.3 is 14.6 Å². The Balaban J connectivity index is 2.26. The standard InChI is InChI=1S/C15H26BNO2/c1-7-13(12-8-9-17-10-11(12)2)16-18-14(3,4)15(5,6)19-16/h7,17H,8-10H2,1-6H3. The summed E-state index contributed by atoms with van der Waals surface area (Å²) in [5, 5.41) is 3.40. The van der Waals surface area contributed by atoms with Crippen LogP contribution in [0.4, 0.5) is 0 Å². The van der Waals surface area contributed by atoms with Gasteiger partial charge in [0.2, 0.25) is 0 Å². The average Bonchev–Trinajstić information content (AvgIpc) is 2.51. The Morgan fingerprint density at radius 2 is 1.79 bits per heavy atom. The van der Waals surface area contributed by atoms with Gasteiger partial charge in [-0.25, -0.2) is 0 Å². The highest BCUT2D eigenvalue weighted by molar-refractivity contribution is 6.56. The molecule has 0 bridgehead atoms. The van der Waals surface area contributed by atoms with Crippen molar-refractivity contribution in [2.24, 2.45) is 0 Å². The van der Waals surface area contributed by atoms with Crippen LogP contribution in [0.3, 0.4) is 0 Å². The molecule has 1 fully saturated rings. The Morgan fingerprint density at radius 1 is 1.21 bits per heavy atom. The minimum absolute atomic E-state index is 0.238. The first-order chi connectivity index (χ1) is 8.78. The third-order valence-corrected chi connectivity index (χ3v) is 4.62. The molecule has 106 valence electrons. The Morgan fingerprint density at radius 3 is 2.26 bits per heavy atom. The number of allylic oxidation sites excluding steroid dienone is 2. The molecule has 0 saturated carbocycles. The van der Waals surface area contributed by atoms with Gasteiger partial charge >= 0.3 is 7.12 Å². The monoisotopic (exact) mass is 263 g/mol. The summed E-state index contributed by atoms with van der Waals surface area (Å²) in [5.41, 5.74) is 3.46. The van der Waals surface area contributed by atoms with Crippen LogP contribution in [0, 0.1) is 0 Å². The third-order valence-electron chi connectivity index (χ3n) is 4.62. The molecule has 0 atom stereocenters. The smallest absolute Gasteiger partial charge is 0.399 e. The Bertz CT molecular complexity index is 408. The van der Waals surface area contributed by atoms with Crippen molar-refractivity contribution in [2.45, 2.75) is 59.2 Å². The van der Waals surface area contributed by atoms with Gasteiger partial charge in [-0.2, -0.15) is 0 Å². The summed E-state index contributed by atoms with van der Waals surface area (Å²) < 4.78 is 12.3. The van der Waals surface area contributed by atoms with Crippen LogP contribution in [0.25, 0.3) is 0 Å². The Hall–Kier alpha value is -0.575. The summed E-state index contributed by atoms with van der Waals surface area (Å²) in [7, 11) is -0.238. The molecule has 4 heteroatoms. The topological polar surface area (TPSA) is 30.5 Å². The number of hydrogen-bond donors (Lipinski definition) is 1. The lowest BCUT2D eigenvalue weighted by molar-refractivity contribution is 0.00578.